The molecule has 1 N–H and O–H groups in total. The maximum absolute atomic E-state index is 12.3. The largest absolute Gasteiger partial charge is 0.315 e. The van der Waals surface area contributed by atoms with Crippen LogP contribution in [-0.4, -0.2) is 55.1 Å². The van der Waals surface area contributed by atoms with Gasteiger partial charge in [-0.15, -0.1) is 0 Å². The minimum absolute atomic E-state index is 0.0532. The lowest BCUT2D eigenvalue weighted by molar-refractivity contribution is 0.121. The maximum Gasteiger partial charge on any atom is 0.257 e. The first-order valence-corrected chi connectivity index (χ1v) is 7.34. The molecule has 0 bridgehead atoms. The van der Waals surface area contributed by atoms with Crippen molar-refractivity contribution in [3.05, 3.63) is 12.4 Å². The number of hydrogen-bond acceptors (Lipinski definition) is 4. The Hall–Kier alpha value is -1.06. The van der Waals surface area contributed by atoms with Crippen LogP contribution in [0.4, 0.5) is 8.78 Å². The monoisotopic (exact) mass is 294 g/mol. The van der Waals surface area contributed by atoms with Crippen LogP contribution in [-0.2, 0) is 16.6 Å². The number of nitrogens with zero attached hydrogens (tertiary/aromatic N) is 3. The predicted molar refractivity (Wildman–Crippen MR) is 64.5 cm³/mol. The van der Waals surface area contributed by atoms with E-state index in [9.17, 15) is 17.2 Å². The molecular formula is C10H16F2N4O2S. The number of nitrogens with one attached hydrogen (secondary N) is 1. The molecular weight excluding hydrogens is 278 g/mol. The number of alkyl halides is 2. The third-order valence-electron chi connectivity index (χ3n) is 3.16. The molecule has 1 fully saturated rings. The average Bonchev–Trinajstić information content (AvgIpc) is 2.96. The second-order valence-corrected chi connectivity index (χ2v) is 6.45. The predicted octanol–water partition coefficient (Wildman–Crippen LogP) is 0.131. The van der Waals surface area contributed by atoms with E-state index < -0.39 is 23.0 Å². The molecule has 2 heterocycles. The lowest BCUT2D eigenvalue weighted by Gasteiger charge is -2.22. The average molecular weight is 294 g/mol. The van der Waals surface area contributed by atoms with Crippen LogP contribution in [0.2, 0.25) is 0 Å². The molecule has 1 aromatic heterocycles. The summed E-state index contributed by atoms with van der Waals surface area (Å²) in [5.74, 6) is 0. The van der Waals surface area contributed by atoms with Crippen LogP contribution >= 0.6 is 0 Å². The summed E-state index contributed by atoms with van der Waals surface area (Å²) in [4.78, 5) is -0.0532. The van der Waals surface area contributed by atoms with Gasteiger partial charge < -0.3 is 5.32 Å². The van der Waals surface area contributed by atoms with Crippen molar-refractivity contribution in [1.82, 2.24) is 19.4 Å². The van der Waals surface area contributed by atoms with Crippen molar-refractivity contribution in [3.8, 4) is 0 Å². The molecule has 0 saturated carbocycles. The summed E-state index contributed by atoms with van der Waals surface area (Å²) in [7, 11) is -2.17. The van der Waals surface area contributed by atoms with Crippen molar-refractivity contribution < 1.29 is 17.2 Å². The van der Waals surface area contributed by atoms with E-state index in [1.54, 1.807) is 0 Å². The molecule has 1 aliphatic rings. The van der Waals surface area contributed by atoms with E-state index in [-0.39, 0.29) is 10.9 Å². The Morgan fingerprint density at radius 1 is 1.63 bits per heavy atom. The first-order chi connectivity index (χ1) is 8.91. The molecule has 0 amide bonds. The minimum Gasteiger partial charge on any atom is -0.315 e. The zero-order chi connectivity index (χ0) is 14.0. The molecule has 9 heteroatoms. The fourth-order valence-electron chi connectivity index (χ4n) is 2.03. The van der Waals surface area contributed by atoms with E-state index in [0.717, 1.165) is 30.0 Å². The second kappa shape index (κ2) is 5.51. The fraction of sp³-hybridized carbons (Fsp3) is 0.700. The lowest BCUT2D eigenvalue weighted by atomic mass is 10.3. The SMILES string of the molecule is CN(C1CCNC1)S(=O)(=O)c1cnn(CC(F)F)c1. The van der Waals surface area contributed by atoms with E-state index in [1.807, 2.05) is 0 Å². The number of sulfonamides is 1. The molecule has 0 aromatic carbocycles. The van der Waals surface area contributed by atoms with E-state index >= 15 is 0 Å². The van der Waals surface area contributed by atoms with Crippen LogP contribution < -0.4 is 5.32 Å². The van der Waals surface area contributed by atoms with Gasteiger partial charge in [0, 0.05) is 25.8 Å². The molecule has 1 aromatic rings. The van der Waals surface area contributed by atoms with Gasteiger partial charge in [0.05, 0.1) is 6.20 Å². The zero-order valence-electron chi connectivity index (χ0n) is 10.5. The third kappa shape index (κ3) is 3.10. The van der Waals surface area contributed by atoms with Crippen molar-refractivity contribution in [2.45, 2.75) is 30.3 Å². The van der Waals surface area contributed by atoms with Crippen LogP contribution in [0, 0.1) is 0 Å². The number of hydrogen-bond donors (Lipinski definition) is 1. The van der Waals surface area contributed by atoms with Crippen molar-refractivity contribution in [2.75, 3.05) is 20.1 Å². The molecule has 19 heavy (non-hydrogen) atoms. The highest BCUT2D eigenvalue weighted by Crippen LogP contribution is 2.18. The molecule has 1 saturated heterocycles. The van der Waals surface area contributed by atoms with Crippen LogP contribution in [0.25, 0.3) is 0 Å². The van der Waals surface area contributed by atoms with Crippen molar-refractivity contribution >= 4 is 10.0 Å². The smallest absolute Gasteiger partial charge is 0.257 e. The maximum atomic E-state index is 12.3. The van der Waals surface area contributed by atoms with Gasteiger partial charge in [0.2, 0.25) is 10.0 Å². The summed E-state index contributed by atoms with van der Waals surface area (Å²) in [6.45, 7) is 0.764. The van der Waals surface area contributed by atoms with Crippen LogP contribution in [0.3, 0.4) is 0 Å². The van der Waals surface area contributed by atoms with Gasteiger partial charge in [-0.3, -0.25) is 4.68 Å². The quantitative estimate of drug-likeness (QED) is 0.838. The van der Waals surface area contributed by atoms with Crippen LogP contribution in [0.15, 0.2) is 17.3 Å². The number of likely N-dealkylation sites (N-methyl/N-ethyl adjacent to an activating group) is 1. The van der Waals surface area contributed by atoms with Crippen molar-refractivity contribution in [1.29, 1.82) is 0 Å². The van der Waals surface area contributed by atoms with E-state index in [2.05, 4.69) is 10.4 Å². The third-order valence-corrected chi connectivity index (χ3v) is 5.02. The van der Waals surface area contributed by atoms with Crippen molar-refractivity contribution in [2.24, 2.45) is 0 Å². The molecule has 1 atom stereocenters. The van der Waals surface area contributed by atoms with Gasteiger partial charge in [-0.2, -0.15) is 9.40 Å². The highest BCUT2D eigenvalue weighted by Gasteiger charge is 2.30. The normalized spacial score (nSPS) is 20.6. The Kier molecular flexibility index (Phi) is 4.16. The standard InChI is InChI=1S/C10H16F2N4O2S/c1-15(8-2-3-13-4-8)19(17,18)9-5-14-16(6-9)7-10(11)12/h5-6,8,10,13H,2-4,7H2,1H3. The lowest BCUT2D eigenvalue weighted by Crippen LogP contribution is -2.38. The highest BCUT2D eigenvalue weighted by atomic mass is 32.2. The number of aromatic nitrogens is 2. The van der Waals surface area contributed by atoms with Gasteiger partial charge in [0.15, 0.2) is 0 Å². The van der Waals surface area contributed by atoms with Crippen LogP contribution in [0.5, 0.6) is 0 Å². The molecule has 0 aliphatic carbocycles. The molecule has 0 radical (unpaired) electrons. The number of halogens is 2. The zero-order valence-corrected chi connectivity index (χ0v) is 11.3. The summed E-state index contributed by atoms with van der Waals surface area (Å²) in [6, 6.07) is -0.108. The summed E-state index contributed by atoms with van der Waals surface area (Å²) < 4.78 is 51.2. The molecule has 108 valence electrons. The van der Waals surface area contributed by atoms with Crippen molar-refractivity contribution in [3.63, 3.8) is 0 Å². The van der Waals surface area contributed by atoms with E-state index in [1.165, 1.54) is 11.4 Å². The summed E-state index contributed by atoms with van der Waals surface area (Å²) in [6.07, 6.45) is 0.421. The van der Waals surface area contributed by atoms with Gasteiger partial charge in [-0.25, -0.2) is 17.2 Å². The molecule has 2 rings (SSSR count). The molecule has 0 spiro atoms. The number of rotatable bonds is 5. The van der Waals surface area contributed by atoms with Gasteiger partial charge in [-0.05, 0) is 13.0 Å². The van der Waals surface area contributed by atoms with Gasteiger partial charge in [0.25, 0.3) is 6.43 Å². The Morgan fingerprint density at radius 3 is 2.95 bits per heavy atom. The molecule has 6 nitrogen and oxygen atoms in total. The Bertz CT molecular complexity index is 525. The summed E-state index contributed by atoms with van der Waals surface area (Å²) in [5.41, 5.74) is 0. The van der Waals surface area contributed by atoms with Gasteiger partial charge in [0.1, 0.15) is 11.4 Å². The van der Waals surface area contributed by atoms with E-state index in [0.29, 0.717) is 6.54 Å². The van der Waals surface area contributed by atoms with E-state index in [4.69, 9.17) is 0 Å². The Morgan fingerprint density at radius 2 is 2.37 bits per heavy atom. The first-order valence-electron chi connectivity index (χ1n) is 5.90. The topological polar surface area (TPSA) is 67.2 Å². The molecule has 1 unspecified atom stereocenters. The summed E-state index contributed by atoms with van der Waals surface area (Å²) >= 11 is 0. The second-order valence-electron chi connectivity index (χ2n) is 4.46. The van der Waals surface area contributed by atoms with Crippen LogP contribution in [0.1, 0.15) is 6.42 Å². The minimum atomic E-state index is -3.67. The Labute approximate surface area is 110 Å². The van der Waals surface area contributed by atoms with Gasteiger partial charge >= 0.3 is 0 Å². The fourth-order valence-corrected chi connectivity index (χ4v) is 3.37. The highest BCUT2D eigenvalue weighted by molar-refractivity contribution is 7.89. The molecule has 1 aliphatic heterocycles. The van der Waals surface area contributed by atoms with Gasteiger partial charge in [-0.1, -0.05) is 0 Å². The first kappa shape index (κ1) is 14.4. The Balaban J connectivity index is 2.16. The summed E-state index contributed by atoms with van der Waals surface area (Å²) in [5, 5.41) is 6.73.